The van der Waals surface area contributed by atoms with Crippen molar-refractivity contribution in [3.05, 3.63) is 45.6 Å². The van der Waals surface area contributed by atoms with Gasteiger partial charge >= 0.3 is 5.91 Å². The molecule has 0 aliphatic carbocycles. The molecule has 148 valence electrons. The third kappa shape index (κ3) is 4.26. The lowest BCUT2D eigenvalue weighted by atomic mass is 10.1. The van der Waals surface area contributed by atoms with Gasteiger partial charge in [-0.05, 0) is 28.9 Å². The average molecular weight is 458 g/mol. The van der Waals surface area contributed by atoms with Crippen molar-refractivity contribution in [2.75, 3.05) is 13.7 Å². The molecule has 1 amide bonds. The number of benzene rings is 1. The summed E-state index contributed by atoms with van der Waals surface area (Å²) < 4.78 is 11.2. The number of carbonyl (C=O) groups is 1. The summed E-state index contributed by atoms with van der Waals surface area (Å²) in [6, 6.07) is 9.11. The van der Waals surface area contributed by atoms with Crippen LogP contribution in [-0.4, -0.2) is 34.7 Å². The van der Waals surface area contributed by atoms with Crippen molar-refractivity contribution in [3.8, 4) is 17.8 Å². The van der Waals surface area contributed by atoms with Crippen molar-refractivity contribution in [1.29, 1.82) is 5.26 Å². The van der Waals surface area contributed by atoms with E-state index in [0.29, 0.717) is 26.6 Å². The Morgan fingerprint density at radius 2 is 2.17 bits per heavy atom. The second-order valence-electron chi connectivity index (χ2n) is 5.96. The Labute approximate surface area is 174 Å². The molecule has 0 atom stereocenters. The summed E-state index contributed by atoms with van der Waals surface area (Å²) in [6.45, 7) is 1.44. The van der Waals surface area contributed by atoms with E-state index in [1.165, 1.54) is 7.11 Å². The molecule has 0 saturated carbocycles. The summed E-state index contributed by atoms with van der Waals surface area (Å²) >= 11 is 3.38. The zero-order chi connectivity index (χ0) is 21.0. The van der Waals surface area contributed by atoms with E-state index in [1.54, 1.807) is 31.2 Å². The third-order valence-corrected chi connectivity index (χ3v) is 5.07. The molecular weight excluding hydrogens is 442 g/mol. The van der Waals surface area contributed by atoms with Crippen molar-refractivity contribution in [1.82, 2.24) is 9.97 Å². The number of nitriles is 1. The Hall–Kier alpha value is -3.29. The van der Waals surface area contributed by atoms with Crippen molar-refractivity contribution in [3.63, 3.8) is 0 Å². The van der Waals surface area contributed by atoms with E-state index in [4.69, 9.17) is 9.47 Å². The third-order valence-electron chi connectivity index (χ3n) is 4.02. The van der Waals surface area contributed by atoms with Gasteiger partial charge in [-0.2, -0.15) is 5.26 Å². The van der Waals surface area contributed by atoms with E-state index in [0.717, 1.165) is 0 Å². The minimum Gasteiger partial charge on any atom is -0.493 e. The van der Waals surface area contributed by atoms with Gasteiger partial charge in [0, 0.05) is 22.5 Å². The number of amides is 1. The Bertz CT molecular complexity index is 1150. The highest BCUT2D eigenvalue weighted by molar-refractivity contribution is 9.10. The predicted molar refractivity (Wildman–Crippen MR) is 107 cm³/mol. The number of halogens is 1. The number of para-hydroxylation sites is 1. The number of nitrogens with one attached hydrogen (secondary N) is 1. The number of aromatic amines is 1. The lowest BCUT2D eigenvalue weighted by Crippen LogP contribution is -2.12. The van der Waals surface area contributed by atoms with Gasteiger partial charge < -0.3 is 19.6 Å². The van der Waals surface area contributed by atoms with Gasteiger partial charge in [0.2, 0.25) is 11.8 Å². The van der Waals surface area contributed by atoms with Gasteiger partial charge in [0.15, 0.2) is 12.3 Å². The second-order valence-corrected chi connectivity index (χ2v) is 6.76. The van der Waals surface area contributed by atoms with E-state index in [1.807, 2.05) is 6.07 Å². The standard InChI is InChI=1S/C19H16BrN5O4/c1-10-16(20)13(8-28-2)12(7-21)19(22-10)29-9-15(26)24-25-17-11-5-3-4-6-14(11)23-18(17)27/h3-6,23,27H,8-9H2,1-2H3. The minimum absolute atomic E-state index is 0.0127. The maximum absolute atomic E-state index is 12.1. The maximum Gasteiger partial charge on any atom is 0.302 e. The van der Waals surface area contributed by atoms with Gasteiger partial charge in [-0.15, -0.1) is 10.2 Å². The van der Waals surface area contributed by atoms with E-state index in [2.05, 4.69) is 36.1 Å². The van der Waals surface area contributed by atoms with Crippen LogP contribution in [0.5, 0.6) is 11.8 Å². The first-order valence-corrected chi connectivity index (χ1v) is 9.20. The SMILES string of the molecule is COCc1c(Br)c(C)nc(OCC(=O)N=Nc2c(O)[nH]c3ccccc23)c1C#N. The molecule has 0 bridgehead atoms. The number of H-pyrrole nitrogens is 1. The highest BCUT2D eigenvalue weighted by atomic mass is 79.9. The monoisotopic (exact) mass is 457 g/mol. The molecule has 0 aliphatic heterocycles. The van der Waals surface area contributed by atoms with E-state index >= 15 is 0 Å². The number of nitrogens with zero attached hydrogens (tertiary/aromatic N) is 4. The predicted octanol–water partition coefficient (Wildman–Crippen LogP) is 4.05. The second kappa shape index (κ2) is 8.81. The summed E-state index contributed by atoms with van der Waals surface area (Å²) in [5.41, 5.74) is 2.16. The molecule has 3 aromatic rings. The van der Waals surface area contributed by atoms with Crippen molar-refractivity contribution in [2.24, 2.45) is 10.2 Å². The molecule has 3 rings (SSSR count). The molecule has 2 heterocycles. The number of aromatic hydroxyl groups is 1. The van der Waals surface area contributed by atoms with Crippen molar-refractivity contribution >= 4 is 38.4 Å². The van der Waals surface area contributed by atoms with Crippen LogP contribution in [-0.2, 0) is 16.1 Å². The van der Waals surface area contributed by atoms with Crippen LogP contribution in [0.4, 0.5) is 5.69 Å². The molecule has 1 aromatic carbocycles. The highest BCUT2D eigenvalue weighted by Crippen LogP contribution is 2.35. The van der Waals surface area contributed by atoms with E-state index in [9.17, 15) is 15.2 Å². The minimum atomic E-state index is -0.700. The largest absolute Gasteiger partial charge is 0.493 e. The molecule has 10 heteroatoms. The van der Waals surface area contributed by atoms with Crippen LogP contribution in [0.1, 0.15) is 16.8 Å². The first-order chi connectivity index (χ1) is 14.0. The summed E-state index contributed by atoms with van der Waals surface area (Å²) in [5, 5.41) is 27.4. The molecular formula is C19H16BrN5O4. The van der Waals surface area contributed by atoms with Gasteiger partial charge in [-0.25, -0.2) is 4.98 Å². The van der Waals surface area contributed by atoms with Crippen molar-refractivity contribution in [2.45, 2.75) is 13.5 Å². The topological polar surface area (TPSA) is 133 Å². The van der Waals surface area contributed by atoms with Gasteiger partial charge in [-0.1, -0.05) is 18.2 Å². The average Bonchev–Trinajstić information content (AvgIpc) is 3.03. The number of hydrogen-bond acceptors (Lipinski definition) is 7. The maximum atomic E-state index is 12.1. The normalized spacial score (nSPS) is 11.1. The lowest BCUT2D eigenvalue weighted by molar-refractivity contribution is -0.120. The van der Waals surface area contributed by atoms with Gasteiger partial charge in [-0.3, -0.25) is 4.79 Å². The smallest absolute Gasteiger partial charge is 0.302 e. The Morgan fingerprint density at radius 1 is 1.41 bits per heavy atom. The zero-order valence-corrected chi connectivity index (χ0v) is 17.1. The molecule has 0 aliphatic rings. The number of carbonyl (C=O) groups excluding carboxylic acids is 1. The van der Waals surface area contributed by atoms with Crippen LogP contribution >= 0.6 is 15.9 Å². The lowest BCUT2D eigenvalue weighted by Gasteiger charge is -2.12. The number of aryl methyl sites for hydroxylation is 1. The fraction of sp³-hybridized carbons (Fsp3) is 0.211. The van der Waals surface area contributed by atoms with Gasteiger partial charge in [0.1, 0.15) is 11.6 Å². The number of aromatic nitrogens is 2. The number of azo groups is 1. The summed E-state index contributed by atoms with van der Waals surface area (Å²) in [4.78, 5) is 19.1. The molecule has 29 heavy (non-hydrogen) atoms. The number of rotatable bonds is 6. The first kappa shape index (κ1) is 20.4. The van der Waals surface area contributed by atoms with E-state index in [-0.39, 0.29) is 29.6 Å². The van der Waals surface area contributed by atoms with Gasteiger partial charge in [0.05, 0.1) is 17.8 Å². The van der Waals surface area contributed by atoms with Crippen LogP contribution in [0.3, 0.4) is 0 Å². The Morgan fingerprint density at radius 3 is 2.90 bits per heavy atom. The number of hydrogen-bond donors (Lipinski definition) is 2. The zero-order valence-electron chi connectivity index (χ0n) is 15.6. The summed E-state index contributed by atoms with van der Waals surface area (Å²) in [6.07, 6.45) is 0. The van der Waals surface area contributed by atoms with Gasteiger partial charge in [0.25, 0.3) is 0 Å². The molecule has 9 nitrogen and oxygen atoms in total. The van der Waals surface area contributed by atoms with Crippen LogP contribution in [0.25, 0.3) is 10.9 Å². The van der Waals surface area contributed by atoms with E-state index < -0.39 is 12.5 Å². The molecule has 0 radical (unpaired) electrons. The summed E-state index contributed by atoms with van der Waals surface area (Å²) in [7, 11) is 1.51. The quantitative estimate of drug-likeness (QED) is 0.536. The van der Waals surface area contributed by atoms with Crippen LogP contribution in [0, 0.1) is 18.3 Å². The van der Waals surface area contributed by atoms with Crippen LogP contribution < -0.4 is 4.74 Å². The Kier molecular flexibility index (Phi) is 6.21. The number of pyridine rings is 1. The highest BCUT2D eigenvalue weighted by Gasteiger charge is 2.18. The molecule has 2 aromatic heterocycles. The first-order valence-electron chi connectivity index (χ1n) is 8.41. The molecule has 0 spiro atoms. The van der Waals surface area contributed by atoms with Crippen LogP contribution in [0.2, 0.25) is 0 Å². The fourth-order valence-electron chi connectivity index (χ4n) is 2.69. The molecule has 2 N–H and O–H groups in total. The summed E-state index contributed by atoms with van der Waals surface area (Å²) in [5.74, 6) is -0.877. The van der Waals surface area contributed by atoms with Crippen molar-refractivity contribution < 1.29 is 19.4 Å². The molecule has 0 unspecified atom stereocenters. The Balaban J connectivity index is 1.78. The number of fused-ring (bicyclic) bond motifs is 1. The molecule has 0 fully saturated rings. The fourth-order valence-corrected chi connectivity index (χ4v) is 3.09. The van der Waals surface area contributed by atoms with Crippen LogP contribution in [0.15, 0.2) is 39.0 Å². The number of methoxy groups -OCH3 is 1. The number of ether oxygens (including phenoxy) is 2. The molecule has 0 saturated heterocycles.